The van der Waals surface area contributed by atoms with E-state index in [1.807, 2.05) is 32.0 Å². The number of benzene rings is 1. The molecule has 0 aliphatic carbocycles. The maximum Gasteiger partial charge on any atom is 0.258 e. The van der Waals surface area contributed by atoms with Gasteiger partial charge in [-0.3, -0.25) is 4.79 Å². The van der Waals surface area contributed by atoms with Gasteiger partial charge in [-0.1, -0.05) is 29.3 Å². The van der Waals surface area contributed by atoms with Gasteiger partial charge in [0.15, 0.2) is 6.61 Å². The molecule has 118 valence electrons. The summed E-state index contributed by atoms with van der Waals surface area (Å²) < 4.78 is 6.56. The molecule has 0 radical (unpaired) electrons. The number of hydrogen-bond acceptors (Lipinski definition) is 3. The highest BCUT2D eigenvalue weighted by Crippen LogP contribution is 2.23. The van der Waals surface area contributed by atoms with Gasteiger partial charge < -0.3 is 15.8 Å². The number of carbonyl (C=O) groups excluding carboxylic acids is 1. The average Bonchev–Trinajstić information content (AvgIpc) is 2.39. The van der Waals surface area contributed by atoms with Gasteiger partial charge in [0.1, 0.15) is 5.75 Å². The van der Waals surface area contributed by atoms with Gasteiger partial charge in [0.2, 0.25) is 0 Å². The summed E-state index contributed by atoms with van der Waals surface area (Å²) in [5.74, 6) is 0.597. The first kappa shape index (κ1) is 18.0. The van der Waals surface area contributed by atoms with Crippen molar-refractivity contribution in [3.63, 3.8) is 0 Å². The molecule has 0 saturated heterocycles. The maximum absolute atomic E-state index is 11.8. The highest BCUT2D eigenvalue weighted by Gasteiger charge is 2.09. The molecule has 0 aliphatic rings. The van der Waals surface area contributed by atoms with Crippen LogP contribution in [0.15, 0.2) is 22.7 Å². The molecule has 1 aromatic rings. The van der Waals surface area contributed by atoms with E-state index in [1.54, 1.807) is 0 Å². The summed E-state index contributed by atoms with van der Waals surface area (Å²) in [5, 5.41) is 2.92. The van der Waals surface area contributed by atoms with E-state index in [2.05, 4.69) is 28.2 Å². The second kappa shape index (κ2) is 9.05. The Morgan fingerprint density at radius 2 is 2.14 bits per heavy atom. The van der Waals surface area contributed by atoms with Crippen LogP contribution in [-0.4, -0.2) is 24.6 Å². The second-order valence-corrected chi connectivity index (χ2v) is 6.33. The van der Waals surface area contributed by atoms with E-state index in [-0.39, 0.29) is 24.6 Å². The Labute approximate surface area is 135 Å². The topological polar surface area (TPSA) is 64.3 Å². The summed E-state index contributed by atoms with van der Waals surface area (Å²) in [5.41, 5.74) is 6.91. The molecule has 1 aromatic carbocycles. The Bertz CT molecular complexity index is 464. The van der Waals surface area contributed by atoms with Gasteiger partial charge in [-0.05, 0) is 50.5 Å². The molecule has 21 heavy (non-hydrogen) atoms. The van der Waals surface area contributed by atoms with Crippen LogP contribution in [0.25, 0.3) is 0 Å². The van der Waals surface area contributed by atoms with Crippen molar-refractivity contribution in [1.82, 2.24) is 5.32 Å². The summed E-state index contributed by atoms with van der Waals surface area (Å²) in [7, 11) is 0. The molecular formula is C16H25BrN2O2. The first-order chi connectivity index (χ1) is 9.92. The fraction of sp³-hybridized carbons (Fsp3) is 0.562. The maximum atomic E-state index is 11.8. The SMILES string of the molecule is CCCC(C)NC(=O)COc1ccc(Br)c(CC(C)N)c1. The van der Waals surface area contributed by atoms with E-state index < -0.39 is 0 Å². The Kier molecular flexibility index (Phi) is 7.75. The van der Waals surface area contributed by atoms with Crippen molar-refractivity contribution < 1.29 is 9.53 Å². The van der Waals surface area contributed by atoms with Crippen molar-refractivity contribution in [2.24, 2.45) is 5.73 Å². The summed E-state index contributed by atoms with van der Waals surface area (Å²) in [6.07, 6.45) is 2.79. The van der Waals surface area contributed by atoms with Gasteiger partial charge in [-0.2, -0.15) is 0 Å². The van der Waals surface area contributed by atoms with E-state index in [4.69, 9.17) is 10.5 Å². The van der Waals surface area contributed by atoms with E-state index in [1.165, 1.54) is 0 Å². The molecule has 0 spiro atoms. The van der Waals surface area contributed by atoms with Gasteiger partial charge in [-0.15, -0.1) is 0 Å². The highest BCUT2D eigenvalue weighted by molar-refractivity contribution is 9.10. The van der Waals surface area contributed by atoms with Gasteiger partial charge >= 0.3 is 0 Å². The van der Waals surface area contributed by atoms with E-state index in [0.29, 0.717) is 5.75 Å². The molecule has 0 saturated carbocycles. The van der Waals surface area contributed by atoms with Gasteiger partial charge in [0, 0.05) is 16.6 Å². The molecule has 0 heterocycles. The molecule has 4 nitrogen and oxygen atoms in total. The Hall–Kier alpha value is -1.07. The summed E-state index contributed by atoms with van der Waals surface area (Å²) in [6.45, 7) is 6.10. The zero-order valence-electron chi connectivity index (χ0n) is 13.0. The fourth-order valence-electron chi connectivity index (χ4n) is 2.11. The lowest BCUT2D eigenvalue weighted by Crippen LogP contribution is -2.35. The van der Waals surface area contributed by atoms with E-state index in [0.717, 1.165) is 29.3 Å². The number of carbonyl (C=O) groups is 1. The third-order valence-electron chi connectivity index (χ3n) is 3.06. The molecule has 1 rings (SSSR count). The molecule has 3 N–H and O–H groups in total. The highest BCUT2D eigenvalue weighted by atomic mass is 79.9. The number of nitrogens with one attached hydrogen (secondary N) is 1. The van der Waals surface area contributed by atoms with Crippen LogP contribution in [-0.2, 0) is 11.2 Å². The minimum atomic E-state index is -0.0902. The monoisotopic (exact) mass is 356 g/mol. The fourth-order valence-corrected chi connectivity index (χ4v) is 2.52. The summed E-state index contributed by atoms with van der Waals surface area (Å²) >= 11 is 3.50. The van der Waals surface area contributed by atoms with Crippen molar-refractivity contribution in [1.29, 1.82) is 0 Å². The quantitative estimate of drug-likeness (QED) is 0.752. The standard InChI is InChI=1S/C16H25BrN2O2/c1-4-5-12(3)19-16(20)10-21-14-6-7-15(17)13(9-14)8-11(2)18/h6-7,9,11-12H,4-5,8,10,18H2,1-3H3,(H,19,20). The summed E-state index contributed by atoms with van der Waals surface area (Å²) in [6, 6.07) is 5.96. The van der Waals surface area contributed by atoms with Crippen LogP contribution in [0.2, 0.25) is 0 Å². The summed E-state index contributed by atoms with van der Waals surface area (Å²) in [4.78, 5) is 11.8. The van der Waals surface area contributed by atoms with Crippen LogP contribution >= 0.6 is 15.9 Å². The number of nitrogens with two attached hydrogens (primary N) is 1. The normalized spacial score (nSPS) is 13.6. The van der Waals surface area contributed by atoms with Gasteiger partial charge in [0.05, 0.1) is 0 Å². The Morgan fingerprint density at radius 3 is 2.76 bits per heavy atom. The van der Waals surface area contributed by atoms with Crippen LogP contribution < -0.4 is 15.8 Å². The van der Waals surface area contributed by atoms with Crippen molar-refractivity contribution in [3.8, 4) is 5.75 Å². The molecule has 0 aromatic heterocycles. The molecule has 0 bridgehead atoms. The van der Waals surface area contributed by atoms with Crippen LogP contribution in [0.4, 0.5) is 0 Å². The number of hydrogen-bond donors (Lipinski definition) is 2. The number of ether oxygens (including phenoxy) is 1. The minimum absolute atomic E-state index is 0.0350. The van der Waals surface area contributed by atoms with Gasteiger partial charge in [-0.25, -0.2) is 0 Å². The number of halogens is 1. The number of rotatable bonds is 8. The largest absolute Gasteiger partial charge is 0.484 e. The van der Waals surface area contributed by atoms with Crippen molar-refractivity contribution in [3.05, 3.63) is 28.2 Å². The van der Waals surface area contributed by atoms with Crippen molar-refractivity contribution >= 4 is 21.8 Å². The smallest absolute Gasteiger partial charge is 0.258 e. The van der Waals surface area contributed by atoms with Crippen molar-refractivity contribution in [2.45, 2.75) is 52.1 Å². The lowest BCUT2D eigenvalue weighted by Gasteiger charge is -2.14. The van der Waals surface area contributed by atoms with E-state index in [9.17, 15) is 4.79 Å². The van der Waals surface area contributed by atoms with Crippen molar-refractivity contribution in [2.75, 3.05) is 6.61 Å². The molecule has 0 fully saturated rings. The van der Waals surface area contributed by atoms with Crippen LogP contribution in [0, 0.1) is 0 Å². The van der Waals surface area contributed by atoms with Crippen LogP contribution in [0.1, 0.15) is 39.2 Å². The molecular weight excluding hydrogens is 332 g/mol. The average molecular weight is 357 g/mol. The zero-order chi connectivity index (χ0) is 15.8. The number of amides is 1. The molecule has 1 amide bonds. The van der Waals surface area contributed by atoms with E-state index >= 15 is 0 Å². The first-order valence-corrected chi connectivity index (χ1v) is 8.17. The predicted octanol–water partition coefficient (Wildman–Crippen LogP) is 3.02. The molecule has 2 unspecified atom stereocenters. The zero-order valence-corrected chi connectivity index (χ0v) is 14.6. The lowest BCUT2D eigenvalue weighted by atomic mass is 10.1. The first-order valence-electron chi connectivity index (χ1n) is 7.38. The minimum Gasteiger partial charge on any atom is -0.484 e. The molecule has 0 aliphatic heterocycles. The third kappa shape index (κ3) is 6.96. The second-order valence-electron chi connectivity index (χ2n) is 5.48. The van der Waals surface area contributed by atoms with Crippen LogP contribution in [0.5, 0.6) is 5.75 Å². The Morgan fingerprint density at radius 1 is 1.43 bits per heavy atom. The lowest BCUT2D eigenvalue weighted by molar-refractivity contribution is -0.123. The molecule has 5 heteroatoms. The van der Waals surface area contributed by atoms with Crippen LogP contribution in [0.3, 0.4) is 0 Å². The molecule has 2 atom stereocenters. The Balaban J connectivity index is 2.53. The third-order valence-corrected chi connectivity index (χ3v) is 3.83. The predicted molar refractivity (Wildman–Crippen MR) is 89.5 cm³/mol. The van der Waals surface area contributed by atoms with Gasteiger partial charge in [0.25, 0.3) is 5.91 Å².